The Balaban J connectivity index is 0.000000235. The summed E-state index contributed by atoms with van der Waals surface area (Å²) in [7, 11) is 0. The van der Waals surface area contributed by atoms with Gasteiger partial charge in [-0.05, 0) is 49.6 Å². The van der Waals surface area contributed by atoms with Crippen LogP contribution in [0, 0.1) is 6.92 Å². The number of amides is 1. The highest BCUT2D eigenvalue weighted by Gasteiger charge is 2.18. The first-order valence-corrected chi connectivity index (χ1v) is 6.87. The van der Waals surface area contributed by atoms with Crippen LogP contribution >= 0.6 is 11.6 Å². The molecule has 1 aliphatic rings. The largest absolute Gasteiger partial charge is 0.547 e. The maximum absolute atomic E-state index is 10.4. The molecule has 2 unspecified atom stereocenters. The molecular weight excluding hydrogens is 296 g/mol. The summed E-state index contributed by atoms with van der Waals surface area (Å²) in [4.78, 5) is 20.7. The molecule has 0 aliphatic carbocycles. The second-order valence-corrected chi connectivity index (χ2v) is 5.27. The molecule has 1 aliphatic heterocycles. The molecule has 4 N–H and O–H groups in total. The molecule has 1 fully saturated rings. The number of hydrogen-bond donors (Lipinski definition) is 3. The third-order valence-electron chi connectivity index (χ3n) is 3.01. The van der Waals surface area contributed by atoms with Gasteiger partial charge in [-0.25, -0.2) is 0 Å². The Labute approximate surface area is 127 Å². The number of nitrogens with one attached hydrogen (secondary N) is 1. The predicted octanol–water partition coefficient (Wildman–Crippen LogP) is -0.345. The molecule has 6 nitrogen and oxygen atoms in total. The van der Waals surface area contributed by atoms with E-state index in [0.29, 0.717) is 5.02 Å². The van der Waals surface area contributed by atoms with Gasteiger partial charge < -0.3 is 26.1 Å². The number of primary amides is 1. The van der Waals surface area contributed by atoms with Crippen LogP contribution in [0.4, 0.5) is 0 Å². The first-order valence-electron chi connectivity index (χ1n) is 6.50. The number of hydrogen-bond acceptors (Lipinski definition) is 5. The summed E-state index contributed by atoms with van der Waals surface area (Å²) in [6, 6.07) is 4.57. The normalized spacial score (nSPS) is 18.5. The second-order valence-electron chi connectivity index (χ2n) is 4.83. The van der Waals surface area contributed by atoms with E-state index in [2.05, 4.69) is 5.32 Å². The van der Waals surface area contributed by atoms with Gasteiger partial charge in [-0.1, -0.05) is 17.7 Å². The fourth-order valence-electron chi connectivity index (χ4n) is 1.99. The summed E-state index contributed by atoms with van der Waals surface area (Å²) < 4.78 is 0. The smallest absolute Gasteiger partial charge is 0.234 e. The number of aliphatic hydroxyl groups excluding tert-OH is 1. The number of carboxylic acids is 1. The van der Waals surface area contributed by atoms with Crippen molar-refractivity contribution in [3.63, 3.8) is 0 Å². The Morgan fingerprint density at radius 1 is 1.48 bits per heavy atom. The van der Waals surface area contributed by atoms with Crippen LogP contribution in [-0.4, -0.2) is 29.6 Å². The zero-order valence-electron chi connectivity index (χ0n) is 11.6. The molecule has 21 heavy (non-hydrogen) atoms. The Morgan fingerprint density at radius 3 is 2.52 bits per heavy atom. The molecule has 1 saturated heterocycles. The number of carboxylic acid groups (broad SMARTS) is 1. The summed E-state index contributed by atoms with van der Waals surface area (Å²) in [5.41, 5.74) is 6.03. The van der Waals surface area contributed by atoms with Crippen molar-refractivity contribution in [2.24, 2.45) is 5.73 Å². The summed E-state index contributed by atoms with van der Waals surface area (Å²) in [5.74, 6) is -1.75. The zero-order valence-corrected chi connectivity index (χ0v) is 12.4. The number of halogens is 1. The molecule has 0 saturated carbocycles. The van der Waals surface area contributed by atoms with Gasteiger partial charge in [0.05, 0.1) is 12.0 Å². The molecule has 1 aromatic rings. The van der Waals surface area contributed by atoms with Crippen LogP contribution in [0.15, 0.2) is 18.2 Å². The minimum Gasteiger partial charge on any atom is -0.547 e. The molecule has 116 valence electrons. The molecule has 0 aromatic heterocycles. The molecule has 1 heterocycles. The third kappa shape index (κ3) is 5.71. The van der Waals surface area contributed by atoms with Gasteiger partial charge in [0.1, 0.15) is 6.10 Å². The highest BCUT2D eigenvalue weighted by atomic mass is 35.5. The Hall–Kier alpha value is -1.63. The molecule has 2 atom stereocenters. The molecule has 1 aromatic carbocycles. The first-order chi connectivity index (χ1) is 9.81. The molecule has 7 heteroatoms. The van der Waals surface area contributed by atoms with Gasteiger partial charge in [0, 0.05) is 5.02 Å². The van der Waals surface area contributed by atoms with Gasteiger partial charge in [0.25, 0.3) is 0 Å². The van der Waals surface area contributed by atoms with E-state index in [-0.39, 0.29) is 17.5 Å². The maximum atomic E-state index is 10.4. The predicted molar refractivity (Wildman–Crippen MR) is 76.4 cm³/mol. The van der Waals surface area contributed by atoms with Crippen LogP contribution in [0.2, 0.25) is 5.02 Å². The van der Waals surface area contributed by atoms with E-state index in [9.17, 15) is 14.7 Å². The van der Waals surface area contributed by atoms with Crippen molar-refractivity contribution < 1.29 is 19.8 Å². The van der Waals surface area contributed by atoms with Gasteiger partial charge in [-0.2, -0.15) is 0 Å². The SMILES string of the molecule is Cc1cc(Cl)cc(C(O)C(=O)[O-])c1.NC(=O)C1CCCN1. The lowest BCUT2D eigenvalue weighted by molar-refractivity contribution is -0.315. The molecule has 0 spiro atoms. The highest BCUT2D eigenvalue weighted by Crippen LogP contribution is 2.19. The monoisotopic (exact) mass is 313 g/mol. The van der Waals surface area contributed by atoms with Crippen molar-refractivity contribution in [1.29, 1.82) is 0 Å². The lowest BCUT2D eigenvalue weighted by atomic mass is 10.1. The minimum atomic E-state index is -1.61. The average Bonchev–Trinajstić information content (AvgIpc) is 2.91. The van der Waals surface area contributed by atoms with Crippen LogP contribution in [0.25, 0.3) is 0 Å². The van der Waals surface area contributed by atoms with Crippen molar-refractivity contribution in [1.82, 2.24) is 5.32 Å². The Kier molecular flexibility index (Phi) is 6.61. The standard InChI is InChI=1S/C9H9ClO3.C5H10N2O/c1-5-2-6(4-7(10)3-5)8(11)9(12)13;6-5(8)4-2-1-3-7-4/h2-4,8,11H,1H3,(H,12,13);4,7H,1-3H2,(H2,6,8)/p-1. The van der Waals surface area contributed by atoms with E-state index in [1.165, 1.54) is 6.07 Å². The number of aliphatic carboxylic acids is 1. The number of rotatable bonds is 3. The molecule has 0 radical (unpaired) electrons. The quantitative estimate of drug-likeness (QED) is 0.706. The Morgan fingerprint density at radius 2 is 2.14 bits per heavy atom. The number of carbonyl (C=O) groups excluding carboxylic acids is 2. The van der Waals surface area contributed by atoms with Gasteiger partial charge >= 0.3 is 0 Å². The van der Waals surface area contributed by atoms with Crippen LogP contribution in [0.1, 0.15) is 30.1 Å². The zero-order chi connectivity index (χ0) is 16.0. The minimum absolute atomic E-state index is 0.0463. The molecule has 1 amide bonds. The van der Waals surface area contributed by atoms with E-state index in [1.807, 2.05) is 0 Å². The summed E-state index contributed by atoms with van der Waals surface area (Å²) in [6.07, 6.45) is 0.376. The average molecular weight is 314 g/mol. The van der Waals surface area contributed by atoms with Gasteiger partial charge in [-0.15, -0.1) is 0 Å². The van der Waals surface area contributed by atoms with Crippen LogP contribution < -0.4 is 16.2 Å². The fourth-order valence-corrected chi connectivity index (χ4v) is 2.28. The fraction of sp³-hybridized carbons (Fsp3) is 0.429. The van der Waals surface area contributed by atoms with E-state index in [1.54, 1.807) is 19.1 Å². The topological polar surface area (TPSA) is 115 Å². The van der Waals surface area contributed by atoms with E-state index in [0.717, 1.165) is 24.9 Å². The van der Waals surface area contributed by atoms with Crippen molar-refractivity contribution in [2.45, 2.75) is 31.9 Å². The number of nitrogens with two attached hydrogens (primary N) is 1. The highest BCUT2D eigenvalue weighted by molar-refractivity contribution is 6.30. The van der Waals surface area contributed by atoms with Crippen molar-refractivity contribution in [3.05, 3.63) is 34.3 Å². The van der Waals surface area contributed by atoms with Crippen molar-refractivity contribution in [3.8, 4) is 0 Å². The number of aryl methyl sites for hydroxylation is 1. The van der Waals surface area contributed by atoms with Gasteiger partial charge in [-0.3, -0.25) is 4.79 Å². The van der Waals surface area contributed by atoms with Crippen molar-refractivity contribution >= 4 is 23.5 Å². The van der Waals surface area contributed by atoms with Crippen LogP contribution in [-0.2, 0) is 9.59 Å². The van der Waals surface area contributed by atoms with Crippen LogP contribution in [0.5, 0.6) is 0 Å². The van der Waals surface area contributed by atoms with Gasteiger partial charge in [0.15, 0.2) is 0 Å². The number of carbonyl (C=O) groups is 2. The van der Waals surface area contributed by atoms with Gasteiger partial charge in [0.2, 0.25) is 5.91 Å². The molecular formula is C14H18ClN2O4-. The second kappa shape index (κ2) is 7.97. The van der Waals surface area contributed by atoms with E-state index in [4.69, 9.17) is 22.4 Å². The lowest BCUT2D eigenvalue weighted by Gasteiger charge is -2.12. The molecule has 2 rings (SSSR count). The summed E-state index contributed by atoms with van der Waals surface area (Å²) >= 11 is 5.67. The number of aliphatic hydroxyl groups is 1. The van der Waals surface area contributed by atoms with Crippen LogP contribution in [0.3, 0.4) is 0 Å². The number of benzene rings is 1. The first kappa shape index (κ1) is 17.4. The van der Waals surface area contributed by atoms with E-state index < -0.39 is 12.1 Å². The third-order valence-corrected chi connectivity index (χ3v) is 3.23. The Bertz CT molecular complexity index is 495. The van der Waals surface area contributed by atoms with E-state index >= 15 is 0 Å². The lowest BCUT2D eigenvalue weighted by Crippen LogP contribution is -2.36. The molecule has 0 bridgehead atoms. The summed E-state index contributed by atoms with van der Waals surface area (Å²) in [6.45, 7) is 2.70. The maximum Gasteiger partial charge on any atom is 0.234 e. The summed E-state index contributed by atoms with van der Waals surface area (Å²) in [5, 5.41) is 22.8. The van der Waals surface area contributed by atoms with Crippen molar-refractivity contribution in [2.75, 3.05) is 6.54 Å².